The second-order valence-electron chi connectivity index (χ2n) is 3.14. The number of nitrogens with one attached hydrogen (secondary N) is 1. The van der Waals surface area contributed by atoms with Crippen LogP contribution in [0.25, 0.3) is 0 Å². The highest BCUT2D eigenvalue weighted by atomic mass is 16.2. The van der Waals surface area contributed by atoms with E-state index >= 15 is 0 Å². The maximum absolute atomic E-state index is 11.1. The van der Waals surface area contributed by atoms with Gasteiger partial charge >= 0.3 is 0 Å². The van der Waals surface area contributed by atoms with E-state index in [-0.39, 0.29) is 11.8 Å². The van der Waals surface area contributed by atoms with Gasteiger partial charge in [0.25, 0.3) is 0 Å². The molecule has 0 radical (unpaired) electrons. The van der Waals surface area contributed by atoms with Crippen LogP contribution in [0.15, 0.2) is 29.5 Å². The second kappa shape index (κ2) is 5.11. The number of hydrogen-bond acceptors (Lipinski definition) is 3. The smallest absolute Gasteiger partial charge is 0.242 e. The van der Waals surface area contributed by atoms with Gasteiger partial charge in [-0.25, -0.2) is 5.43 Å². The van der Waals surface area contributed by atoms with Crippen molar-refractivity contribution in [1.29, 1.82) is 0 Å². The minimum absolute atomic E-state index is 0.0594. The molecule has 0 aromatic carbocycles. The first-order valence-electron chi connectivity index (χ1n) is 4.44. The van der Waals surface area contributed by atoms with Crippen LogP contribution in [-0.4, -0.2) is 17.1 Å². The third-order valence-electron chi connectivity index (χ3n) is 1.58. The molecule has 0 fully saturated rings. The molecule has 14 heavy (non-hydrogen) atoms. The van der Waals surface area contributed by atoms with Gasteiger partial charge < -0.3 is 0 Å². The lowest BCUT2D eigenvalue weighted by molar-refractivity contribution is -0.123. The summed E-state index contributed by atoms with van der Waals surface area (Å²) in [4.78, 5) is 15.1. The fraction of sp³-hybridized carbons (Fsp3) is 0.300. The molecular formula is C10H13N3O. The van der Waals surface area contributed by atoms with Crippen molar-refractivity contribution in [3.63, 3.8) is 0 Å². The zero-order valence-electron chi connectivity index (χ0n) is 8.27. The molecule has 0 saturated heterocycles. The van der Waals surface area contributed by atoms with Crippen molar-refractivity contribution < 1.29 is 4.79 Å². The Kier molecular flexibility index (Phi) is 3.79. The second-order valence-corrected chi connectivity index (χ2v) is 3.14. The monoisotopic (exact) mass is 191 g/mol. The molecule has 0 saturated carbocycles. The number of amides is 1. The normalized spacial score (nSPS) is 10.8. The minimum atomic E-state index is -0.0998. The Hall–Kier alpha value is -1.71. The molecule has 1 amide bonds. The predicted octanol–water partition coefficient (Wildman–Crippen LogP) is 1.19. The lowest BCUT2D eigenvalue weighted by atomic mass is 10.2. The SMILES string of the molecule is CC(C)C(=O)N/N=C/c1ccccn1. The molecule has 1 aromatic rings. The van der Waals surface area contributed by atoms with Crippen molar-refractivity contribution in [1.82, 2.24) is 10.4 Å². The molecule has 0 aliphatic heterocycles. The molecule has 1 rings (SSSR count). The van der Waals surface area contributed by atoms with E-state index in [1.54, 1.807) is 6.20 Å². The molecule has 0 spiro atoms. The van der Waals surface area contributed by atoms with Crippen LogP contribution >= 0.6 is 0 Å². The van der Waals surface area contributed by atoms with Crippen LogP contribution in [0.4, 0.5) is 0 Å². The molecule has 0 aliphatic carbocycles. The van der Waals surface area contributed by atoms with Crippen LogP contribution in [0.1, 0.15) is 19.5 Å². The molecule has 4 heteroatoms. The molecule has 0 unspecified atom stereocenters. The van der Waals surface area contributed by atoms with Gasteiger partial charge in [-0.05, 0) is 12.1 Å². The van der Waals surface area contributed by atoms with Crippen LogP contribution in [0.3, 0.4) is 0 Å². The van der Waals surface area contributed by atoms with Gasteiger partial charge in [0, 0.05) is 12.1 Å². The Balaban J connectivity index is 2.46. The number of pyridine rings is 1. The van der Waals surface area contributed by atoms with E-state index < -0.39 is 0 Å². The highest BCUT2D eigenvalue weighted by molar-refractivity contribution is 5.81. The number of carbonyl (C=O) groups is 1. The van der Waals surface area contributed by atoms with Gasteiger partial charge in [-0.15, -0.1) is 0 Å². The Labute approximate surface area is 83.1 Å². The summed E-state index contributed by atoms with van der Waals surface area (Å²) in [5.74, 6) is -0.159. The van der Waals surface area contributed by atoms with E-state index in [1.165, 1.54) is 6.21 Å². The maximum Gasteiger partial charge on any atom is 0.242 e. The van der Waals surface area contributed by atoms with E-state index in [0.717, 1.165) is 5.69 Å². The zero-order chi connectivity index (χ0) is 10.4. The summed E-state index contributed by atoms with van der Waals surface area (Å²) in [5.41, 5.74) is 3.14. The lowest BCUT2D eigenvalue weighted by Crippen LogP contribution is -2.22. The molecular weight excluding hydrogens is 178 g/mol. The lowest BCUT2D eigenvalue weighted by Gasteiger charge is -2.00. The van der Waals surface area contributed by atoms with Crippen molar-refractivity contribution >= 4 is 12.1 Å². The average Bonchev–Trinajstić information content (AvgIpc) is 2.19. The number of hydrogen-bond donors (Lipinski definition) is 1. The predicted molar refractivity (Wildman–Crippen MR) is 54.8 cm³/mol. The van der Waals surface area contributed by atoms with Crippen LogP contribution in [0.2, 0.25) is 0 Å². The van der Waals surface area contributed by atoms with Gasteiger partial charge in [0.2, 0.25) is 5.91 Å². The number of aromatic nitrogens is 1. The summed E-state index contributed by atoms with van der Waals surface area (Å²) in [6, 6.07) is 5.49. The Bertz CT molecular complexity index is 319. The molecule has 0 aliphatic rings. The first-order chi connectivity index (χ1) is 6.70. The van der Waals surface area contributed by atoms with E-state index in [4.69, 9.17) is 0 Å². The first-order valence-corrected chi connectivity index (χ1v) is 4.44. The fourth-order valence-corrected chi connectivity index (χ4v) is 0.743. The third kappa shape index (κ3) is 3.35. The largest absolute Gasteiger partial charge is 0.273 e. The van der Waals surface area contributed by atoms with Gasteiger partial charge in [-0.3, -0.25) is 9.78 Å². The van der Waals surface area contributed by atoms with Crippen LogP contribution < -0.4 is 5.43 Å². The van der Waals surface area contributed by atoms with Gasteiger partial charge in [0.1, 0.15) is 0 Å². The van der Waals surface area contributed by atoms with Crippen molar-refractivity contribution in [2.45, 2.75) is 13.8 Å². The van der Waals surface area contributed by atoms with Crippen molar-refractivity contribution in [3.05, 3.63) is 30.1 Å². The first kappa shape index (κ1) is 10.4. The topological polar surface area (TPSA) is 54.4 Å². The average molecular weight is 191 g/mol. The quantitative estimate of drug-likeness (QED) is 0.576. The van der Waals surface area contributed by atoms with Gasteiger partial charge in [0.15, 0.2) is 0 Å². The van der Waals surface area contributed by atoms with Crippen LogP contribution in [0.5, 0.6) is 0 Å². The maximum atomic E-state index is 11.1. The van der Waals surface area contributed by atoms with E-state index in [1.807, 2.05) is 32.0 Å². The van der Waals surface area contributed by atoms with E-state index in [9.17, 15) is 4.79 Å². The number of rotatable bonds is 3. The number of nitrogens with zero attached hydrogens (tertiary/aromatic N) is 2. The molecule has 0 atom stereocenters. The molecule has 0 bridgehead atoms. The Morgan fingerprint density at radius 2 is 2.36 bits per heavy atom. The summed E-state index contributed by atoms with van der Waals surface area (Å²) in [6.45, 7) is 3.62. The van der Waals surface area contributed by atoms with Crippen molar-refractivity contribution in [3.8, 4) is 0 Å². The molecule has 1 aromatic heterocycles. The summed E-state index contributed by atoms with van der Waals surface area (Å²) in [6.07, 6.45) is 3.19. The van der Waals surface area contributed by atoms with Gasteiger partial charge in [0.05, 0.1) is 11.9 Å². The third-order valence-corrected chi connectivity index (χ3v) is 1.58. The van der Waals surface area contributed by atoms with E-state index in [2.05, 4.69) is 15.5 Å². The van der Waals surface area contributed by atoms with Gasteiger partial charge in [-0.2, -0.15) is 5.10 Å². The van der Waals surface area contributed by atoms with Crippen molar-refractivity contribution in [2.75, 3.05) is 0 Å². The van der Waals surface area contributed by atoms with E-state index in [0.29, 0.717) is 0 Å². The summed E-state index contributed by atoms with van der Waals surface area (Å²) < 4.78 is 0. The van der Waals surface area contributed by atoms with Crippen LogP contribution in [-0.2, 0) is 4.79 Å². The Morgan fingerprint density at radius 1 is 1.57 bits per heavy atom. The highest BCUT2D eigenvalue weighted by Crippen LogP contribution is 1.91. The number of hydrazone groups is 1. The summed E-state index contributed by atoms with van der Waals surface area (Å²) in [7, 11) is 0. The van der Waals surface area contributed by atoms with Crippen molar-refractivity contribution in [2.24, 2.45) is 11.0 Å². The van der Waals surface area contributed by atoms with Crippen LogP contribution in [0, 0.1) is 5.92 Å². The zero-order valence-corrected chi connectivity index (χ0v) is 8.27. The molecule has 74 valence electrons. The molecule has 1 N–H and O–H groups in total. The molecule has 4 nitrogen and oxygen atoms in total. The Morgan fingerprint density at radius 3 is 2.93 bits per heavy atom. The standard InChI is InChI=1S/C10H13N3O/c1-8(2)10(14)13-12-7-9-5-3-4-6-11-9/h3-8H,1-2H3,(H,13,14)/b12-7+. The number of carbonyl (C=O) groups excluding carboxylic acids is 1. The fourth-order valence-electron chi connectivity index (χ4n) is 0.743. The summed E-state index contributed by atoms with van der Waals surface area (Å²) >= 11 is 0. The summed E-state index contributed by atoms with van der Waals surface area (Å²) in [5, 5.41) is 3.78. The van der Waals surface area contributed by atoms with Gasteiger partial charge in [-0.1, -0.05) is 19.9 Å². The highest BCUT2D eigenvalue weighted by Gasteiger charge is 2.03. The molecule has 1 heterocycles. The minimum Gasteiger partial charge on any atom is -0.273 e.